The van der Waals surface area contributed by atoms with Gasteiger partial charge < -0.3 is 0 Å². The van der Waals surface area contributed by atoms with E-state index in [-0.39, 0.29) is 6.04 Å². The Hall–Kier alpha value is -0.530. The van der Waals surface area contributed by atoms with Gasteiger partial charge in [0.2, 0.25) is 6.41 Å². The fourth-order valence-corrected chi connectivity index (χ4v) is 0.586. The van der Waals surface area contributed by atoms with Crippen molar-refractivity contribution in [1.29, 1.82) is 0 Å². The zero-order valence-corrected chi connectivity index (χ0v) is 5.42. The summed E-state index contributed by atoms with van der Waals surface area (Å²) in [7, 11) is 0. The molecule has 0 saturated heterocycles. The second-order valence-electron chi connectivity index (χ2n) is 1.72. The van der Waals surface area contributed by atoms with E-state index in [9.17, 15) is 4.79 Å². The molecule has 0 aliphatic heterocycles. The molecular weight excluding hydrogens is 102 g/mol. The van der Waals surface area contributed by atoms with Crippen molar-refractivity contribution in [1.82, 2.24) is 5.32 Å². The summed E-state index contributed by atoms with van der Waals surface area (Å²) in [4.78, 5) is 9.77. The van der Waals surface area contributed by atoms with Crippen LogP contribution in [0.5, 0.6) is 0 Å². The van der Waals surface area contributed by atoms with Crippen molar-refractivity contribution in [3.63, 3.8) is 0 Å². The van der Waals surface area contributed by atoms with E-state index >= 15 is 0 Å². The summed E-state index contributed by atoms with van der Waals surface area (Å²) in [5.74, 6) is 0. The molecule has 0 rings (SSSR count). The lowest BCUT2D eigenvalue weighted by Crippen LogP contribution is -2.18. The first kappa shape index (κ1) is 7.47. The molecule has 1 radical (unpaired) electrons. The molecule has 0 N–H and O–H groups in total. The Balaban J connectivity index is 3.20. The largest absolute Gasteiger partial charge is 0.277 e. The van der Waals surface area contributed by atoms with Gasteiger partial charge in [0.15, 0.2) is 0 Å². The highest BCUT2D eigenvalue weighted by Crippen LogP contribution is 1.94. The number of carbonyl (C=O) groups excluding carboxylic acids is 1. The first-order valence-electron chi connectivity index (χ1n) is 2.98. The van der Waals surface area contributed by atoms with E-state index in [1.54, 1.807) is 0 Å². The maximum absolute atomic E-state index is 9.77. The summed E-state index contributed by atoms with van der Waals surface area (Å²) in [6, 6.07) is 0.257. The molecule has 0 fully saturated rings. The molecule has 2 nitrogen and oxygen atoms in total. The number of rotatable bonds is 4. The summed E-state index contributed by atoms with van der Waals surface area (Å²) < 4.78 is 0. The summed E-state index contributed by atoms with van der Waals surface area (Å²) in [6.07, 6.45) is 2.57. The van der Waals surface area contributed by atoms with Crippen LogP contribution in [0.25, 0.3) is 0 Å². The Morgan fingerprint density at radius 3 is 2.12 bits per heavy atom. The highest BCUT2D eigenvalue weighted by atomic mass is 16.1. The van der Waals surface area contributed by atoms with Gasteiger partial charge in [-0.2, -0.15) is 0 Å². The van der Waals surface area contributed by atoms with Gasteiger partial charge in [0, 0.05) is 0 Å². The van der Waals surface area contributed by atoms with Crippen molar-refractivity contribution in [2.75, 3.05) is 0 Å². The van der Waals surface area contributed by atoms with E-state index in [1.165, 1.54) is 0 Å². The minimum atomic E-state index is 0.257. The summed E-state index contributed by atoms with van der Waals surface area (Å²) >= 11 is 0. The van der Waals surface area contributed by atoms with Gasteiger partial charge in [-0.3, -0.25) is 10.1 Å². The third-order valence-corrected chi connectivity index (χ3v) is 1.21. The Morgan fingerprint density at radius 1 is 1.50 bits per heavy atom. The zero-order chi connectivity index (χ0) is 6.41. The van der Waals surface area contributed by atoms with Crippen molar-refractivity contribution in [3.05, 3.63) is 0 Å². The molecular formula is C6H12NO. The predicted octanol–water partition coefficient (Wildman–Crippen LogP) is 0.936. The Labute approximate surface area is 50.3 Å². The Bertz CT molecular complexity index is 59.5. The number of carbonyl (C=O) groups is 1. The van der Waals surface area contributed by atoms with E-state index in [2.05, 4.69) is 5.32 Å². The molecule has 0 heterocycles. The van der Waals surface area contributed by atoms with Gasteiger partial charge in [0.05, 0.1) is 6.04 Å². The molecule has 2 heteroatoms. The summed E-state index contributed by atoms with van der Waals surface area (Å²) in [5.41, 5.74) is 0. The SMILES string of the molecule is CCC(CC)[N]C=O. The van der Waals surface area contributed by atoms with Crippen molar-refractivity contribution in [3.8, 4) is 0 Å². The number of amides is 1. The Morgan fingerprint density at radius 2 is 2.00 bits per heavy atom. The molecule has 0 bridgehead atoms. The van der Waals surface area contributed by atoms with Crippen LogP contribution in [0, 0.1) is 0 Å². The molecule has 0 aromatic heterocycles. The molecule has 0 aliphatic rings. The highest BCUT2D eigenvalue weighted by Gasteiger charge is 1.99. The van der Waals surface area contributed by atoms with Crippen molar-refractivity contribution in [2.45, 2.75) is 32.7 Å². The van der Waals surface area contributed by atoms with Gasteiger partial charge in [0.25, 0.3) is 0 Å². The van der Waals surface area contributed by atoms with Crippen LogP contribution < -0.4 is 5.32 Å². The standard InChI is InChI=1S/C6H12NO/c1-3-6(4-2)7-5-8/h5-6H,3-4H2,1-2H3. The van der Waals surface area contributed by atoms with Gasteiger partial charge in [-0.1, -0.05) is 13.8 Å². The molecule has 8 heavy (non-hydrogen) atoms. The predicted molar refractivity (Wildman–Crippen MR) is 32.6 cm³/mol. The zero-order valence-electron chi connectivity index (χ0n) is 5.42. The fraction of sp³-hybridized carbons (Fsp3) is 0.833. The van der Waals surface area contributed by atoms with Crippen molar-refractivity contribution < 1.29 is 4.79 Å². The van der Waals surface area contributed by atoms with Crippen LogP contribution in [0.4, 0.5) is 0 Å². The number of nitrogens with zero attached hydrogens (tertiary/aromatic N) is 1. The van der Waals surface area contributed by atoms with E-state index < -0.39 is 0 Å². The molecule has 0 atom stereocenters. The van der Waals surface area contributed by atoms with Crippen LogP contribution in [0.2, 0.25) is 0 Å². The Kier molecular flexibility index (Phi) is 4.32. The quantitative estimate of drug-likeness (QED) is 0.500. The number of hydrogen-bond donors (Lipinski definition) is 0. The van der Waals surface area contributed by atoms with Crippen LogP contribution in [0.3, 0.4) is 0 Å². The highest BCUT2D eigenvalue weighted by molar-refractivity contribution is 5.46. The number of hydrogen-bond acceptors (Lipinski definition) is 1. The van der Waals surface area contributed by atoms with E-state index in [1.807, 2.05) is 13.8 Å². The average molecular weight is 114 g/mol. The molecule has 0 aromatic carbocycles. The van der Waals surface area contributed by atoms with Gasteiger partial charge in [-0.25, -0.2) is 0 Å². The lowest BCUT2D eigenvalue weighted by Gasteiger charge is -2.05. The van der Waals surface area contributed by atoms with Crippen LogP contribution in [-0.2, 0) is 4.79 Å². The molecule has 0 aliphatic carbocycles. The smallest absolute Gasteiger partial charge is 0.228 e. The van der Waals surface area contributed by atoms with Gasteiger partial charge >= 0.3 is 0 Å². The first-order valence-corrected chi connectivity index (χ1v) is 2.98. The first-order chi connectivity index (χ1) is 3.85. The lowest BCUT2D eigenvalue weighted by molar-refractivity contribution is -0.110. The molecule has 0 aromatic rings. The minimum Gasteiger partial charge on any atom is -0.277 e. The van der Waals surface area contributed by atoms with Gasteiger partial charge in [-0.05, 0) is 12.8 Å². The molecule has 0 spiro atoms. The normalized spacial score (nSPS) is 9.38. The second-order valence-corrected chi connectivity index (χ2v) is 1.72. The van der Waals surface area contributed by atoms with E-state index in [0.717, 1.165) is 12.8 Å². The lowest BCUT2D eigenvalue weighted by atomic mass is 10.2. The topological polar surface area (TPSA) is 31.2 Å². The summed E-state index contributed by atoms with van der Waals surface area (Å²) in [6.45, 7) is 4.06. The maximum atomic E-state index is 9.77. The maximum Gasteiger partial charge on any atom is 0.228 e. The van der Waals surface area contributed by atoms with Crippen LogP contribution in [-0.4, -0.2) is 12.5 Å². The molecule has 47 valence electrons. The van der Waals surface area contributed by atoms with Crippen LogP contribution in [0.1, 0.15) is 26.7 Å². The van der Waals surface area contributed by atoms with E-state index in [4.69, 9.17) is 0 Å². The van der Waals surface area contributed by atoms with E-state index in [0.29, 0.717) is 6.41 Å². The second kappa shape index (κ2) is 4.62. The molecule has 1 amide bonds. The third kappa shape index (κ3) is 2.61. The third-order valence-electron chi connectivity index (χ3n) is 1.21. The summed E-state index contributed by atoms with van der Waals surface area (Å²) in [5, 5.41) is 3.68. The molecule has 0 unspecified atom stereocenters. The van der Waals surface area contributed by atoms with Gasteiger partial charge in [0.1, 0.15) is 0 Å². The fourth-order valence-electron chi connectivity index (χ4n) is 0.586. The van der Waals surface area contributed by atoms with Crippen molar-refractivity contribution in [2.24, 2.45) is 0 Å². The van der Waals surface area contributed by atoms with Crippen LogP contribution >= 0.6 is 0 Å². The van der Waals surface area contributed by atoms with Crippen LogP contribution in [0.15, 0.2) is 0 Å². The average Bonchev–Trinajstić information content (AvgIpc) is 1.83. The molecule has 0 saturated carbocycles. The van der Waals surface area contributed by atoms with Gasteiger partial charge in [-0.15, -0.1) is 0 Å². The van der Waals surface area contributed by atoms with Crippen molar-refractivity contribution >= 4 is 6.41 Å². The minimum absolute atomic E-state index is 0.257. The monoisotopic (exact) mass is 114 g/mol.